The van der Waals surface area contributed by atoms with Crippen LogP contribution in [-0.4, -0.2) is 49.8 Å². The summed E-state index contributed by atoms with van der Waals surface area (Å²) in [5, 5.41) is 3.45. The first-order valence-corrected chi connectivity index (χ1v) is 6.33. The highest BCUT2D eigenvalue weighted by atomic mass is 16.5. The Morgan fingerprint density at radius 2 is 2.13 bits per heavy atom. The molecule has 0 aromatic heterocycles. The average Bonchev–Trinajstić information content (AvgIpc) is 2.30. The van der Waals surface area contributed by atoms with Crippen LogP contribution in [0.4, 0.5) is 0 Å². The minimum absolute atomic E-state index is 0.596. The number of nitrogens with one attached hydrogen (secondary N) is 1. The molecule has 0 radical (unpaired) electrons. The van der Waals surface area contributed by atoms with Gasteiger partial charge in [0.05, 0.1) is 6.61 Å². The molecule has 15 heavy (non-hydrogen) atoms. The third kappa shape index (κ3) is 2.52. The second kappa shape index (κ2) is 5.28. The molecular formula is C12H24N2O. The Morgan fingerprint density at radius 1 is 1.27 bits per heavy atom. The van der Waals surface area contributed by atoms with Crippen molar-refractivity contribution in [2.24, 2.45) is 0 Å². The van der Waals surface area contributed by atoms with Gasteiger partial charge in [-0.05, 0) is 39.8 Å². The van der Waals surface area contributed by atoms with Gasteiger partial charge in [0, 0.05) is 24.7 Å². The number of ether oxygens (including phenoxy) is 1. The van der Waals surface area contributed by atoms with Gasteiger partial charge in [0.2, 0.25) is 0 Å². The maximum absolute atomic E-state index is 5.63. The van der Waals surface area contributed by atoms with Crippen molar-refractivity contribution in [3.05, 3.63) is 0 Å². The van der Waals surface area contributed by atoms with Gasteiger partial charge in [-0.3, -0.25) is 4.90 Å². The molecule has 3 heteroatoms. The van der Waals surface area contributed by atoms with Crippen LogP contribution in [0.2, 0.25) is 0 Å². The molecule has 0 aromatic rings. The lowest BCUT2D eigenvalue weighted by Gasteiger charge is -2.44. The number of likely N-dealkylation sites (tertiary alicyclic amines) is 1. The summed E-state index contributed by atoms with van der Waals surface area (Å²) in [4.78, 5) is 2.66. The Labute approximate surface area is 93.2 Å². The van der Waals surface area contributed by atoms with E-state index in [1.165, 1.54) is 25.8 Å². The minimum Gasteiger partial charge on any atom is -0.380 e. The number of hydrogen-bond donors (Lipinski definition) is 1. The van der Waals surface area contributed by atoms with E-state index in [0.717, 1.165) is 25.7 Å². The molecule has 2 rings (SSSR count). The van der Waals surface area contributed by atoms with E-state index in [1.807, 2.05) is 0 Å². The second-order valence-corrected chi connectivity index (χ2v) is 4.91. The molecule has 1 N–H and O–H groups in total. The SMILES string of the molecule is CNC1CCOCC1N1CCCCC1C. The zero-order valence-corrected chi connectivity index (χ0v) is 10.0. The van der Waals surface area contributed by atoms with Crippen LogP contribution in [0, 0.1) is 0 Å². The van der Waals surface area contributed by atoms with Gasteiger partial charge < -0.3 is 10.1 Å². The molecule has 3 unspecified atom stereocenters. The van der Waals surface area contributed by atoms with E-state index >= 15 is 0 Å². The fraction of sp³-hybridized carbons (Fsp3) is 1.00. The van der Waals surface area contributed by atoms with Crippen LogP contribution in [0.25, 0.3) is 0 Å². The van der Waals surface area contributed by atoms with Gasteiger partial charge in [0.1, 0.15) is 0 Å². The molecular weight excluding hydrogens is 188 g/mol. The van der Waals surface area contributed by atoms with Gasteiger partial charge in [-0.1, -0.05) is 6.42 Å². The number of rotatable bonds is 2. The molecule has 2 saturated heterocycles. The molecule has 0 aliphatic carbocycles. The smallest absolute Gasteiger partial charge is 0.0637 e. The van der Waals surface area contributed by atoms with E-state index in [9.17, 15) is 0 Å². The first kappa shape index (κ1) is 11.4. The Morgan fingerprint density at radius 3 is 2.87 bits per heavy atom. The molecule has 3 atom stereocenters. The highest BCUT2D eigenvalue weighted by Crippen LogP contribution is 2.23. The predicted octanol–water partition coefficient (Wildman–Crippen LogP) is 1.24. The Balaban J connectivity index is 1.99. The second-order valence-electron chi connectivity index (χ2n) is 4.91. The van der Waals surface area contributed by atoms with Crippen LogP contribution >= 0.6 is 0 Å². The monoisotopic (exact) mass is 212 g/mol. The van der Waals surface area contributed by atoms with E-state index in [1.54, 1.807) is 0 Å². The number of nitrogens with zero attached hydrogens (tertiary/aromatic N) is 1. The minimum atomic E-state index is 0.596. The lowest BCUT2D eigenvalue weighted by molar-refractivity contribution is -0.0249. The lowest BCUT2D eigenvalue weighted by Crippen LogP contribution is -2.58. The number of likely N-dealkylation sites (N-methyl/N-ethyl adjacent to an activating group) is 1. The van der Waals surface area contributed by atoms with Crippen LogP contribution in [0.5, 0.6) is 0 Å². The molecule has 0 aromatic carbocycles. The molecule has 2 fully saturated rings. The summed E-state index contributed by atoms with van der Waals surface area (Å²) in [6.07, 6.45) is 5.27. The molecule has 2 heterocycles. The number of piperidine rings is 1. The van der Waals surface area contributed by atoms with Crippen molar-refractivity contribution < 1.29 is 4.74 Å². The maximum Gasteiger partial charge on any atom is 0.0637 e. The van der Waals surface area contributed by atoms with E-state index in [0.29, 0.717) is 12.1 Å². The Kier molecular flexibility index (Phi) is 4.00. The highest BCUT2D eigenvalue weighted by molar-refractivity contribution is 4.90. The molecule has 88 valence electrons. The summed E-state index contributed by atoms with van der Waals surface area (Å²) in [5.41, 5.74) is 0. The van der Waals surface area contributed by atoms with Crippen molar-refractivity contribution in [2.75, 3.05) is 26.8 Å². The van der Waals surface area contributed by atoms with E-state index in [4.69, 9.17) is 4.74 Å². The summed E-state index contributed by atoms with van der Waals surface area (Å²) < 4.78 is 5.63. The highest BCUT2D eigenvalue weighted by Gasteiger charge is 2.33. The zero-order valence-electron chi connectivity index (χ0n) is 10.0. The van der Waals surface area contributed by atoms with Gasteiger partial charge in [0.15, 0.2) is 0 Å². The predicted molar refractivity (Wildman–Crippen MR) is 62.1 cm³/mol. The normalized spacial score (nSPS) is 39.2. The van der Waals surface area contributed by atoms with Crippen LogP contribution in [-0.2, 0) is 4.74 Å². The van der Waals surface area contributed by atoms with E-state index in [-0.39, 0.29) is 0 Å². The van der Waals surface area contributed by atoms with Gasteiger partial charge in [-0.15, -0.1) is 0 Å². The first-order valence-electron chi connectivity index (χ1n) is 6.33. The van der Waals surface area contributed by atoms with Gasteiger partial charge in [-0.25, -0.2) is 0 Å². The first-order chi connectivity index (χ1) is 7.33. The van der Waals surface area contributed by atoms with Gasteiger partial charge in [-0.2, -0.15) is 0 Å². The van der Waals surface area contributed by atoms with Crippen LogP contribution in [0.1, 0.15) is 32.6 Å². The molecule has 0 amide bonds. The molecule has 0 saturated carbocycles. The standard InChI is InChI=1S/C12H24N2O/c1-10-5-3-4-7-14(10)12-9-15-8-6-11(12)13-2/h10-13H,3-9H2,1-2H3. The van der Waals surface area contributed by atoms with Crippen molar-refractivity contribution in [1.82, 2.24) is 10.2 Å². The van der Waals surface area contributed by atoms with Gasteiger partial charge >= 0.3 is 0 Å². The summed E-state index contributed by atoms with van der Waals surface area (Å²) in [6.45, 7) is 5.45. The Bertz CT molecular complexity index is 198. The van der Waals surface area contributed by atoms with E-state index < -0.39 is 0 Å². The van der Waals surface area contributed by atoms with Crippen molar-refractivity contribution in [3.8, 4) is 0 Å². The molecule has 2 aliphatic rings. The number of hydrogen-bond acceptors (Lipinski definition) is 3. The van der Waals surface area contributed by atoms with Crippen molar-refractivity contribution in [3.63, 3.8) is 0 Å². The fourth-order valence-corrected chi connectivity index (χ4v) is 3.00. The van der Waals surface area contributed by atoms with E-state index in [2.05, 4.69) is 24.2 Å². The van der Waals surface area contributed by atoms with Gasteiger partial charge in [0.25, 0.3) is 0 Å². The maximum atomic E-state index is 5.63. The molecule has 0 spiro atoms. The van der Waals surface area contributed by atoms with Crippen LogP contribution < -0.4 is 5.32 Å². The summed E-state index contributed by atoms with van der Waals surface area (Å²) in [7, 11) is 2.08. The third-order valence-electron chi connectivity index (χ3n) is 3.98. The molecule has 0 bridgehead atoms. The fourth-order valence-electron chi connectivity index (χ4n) is 3.00. The van der Waals surface area contributed by atoms with Crippen LogP contribution in [0.15, 0.2) is 0 Å². The summed E-state index contributed by atoms with van der Waals surface area (Å²) >= 11 is 0. The third-order valence-corrected chi connectivity index (χ3v) is 3.98. The largest absolute Gasteiger partial charge is 0.380 e. The summed E-state index contributed by atoms with van der Waals surface area (Å²) in [5.74, 6) is 0. The topological polar surface area (TPSA) is 24.5 Å². The van der Waals surface area contributed by atoms with Crippen LogP contribution in [0.3, 0.4) is 0 Å². The van der Waals surface area contributed by atoms with Crippen molar-refractivity contribution in [1.29, 1.82) is 0 Å². The lowest BCUT2D eigenvalue weighted by atomic mass is 9.95. The molecule has 2 aliphatic heterocycles. The average molecular weight is 212 g/mol. The molecule has 3 nitrogen and oxygen atoms in total. The summed E-state index contributed by atoms with van der Waals surface area (Å²) in [6, 6.07) is 1.96. The quantitative estimate of drug-likeness (QED) is 0.745. The van der Waals surface area contributed by atoms with Crippen molar-refractivity contribution >= 4 is 0 Å². The van der Waals surface area contributed by atoms with Crippen molar-refractivity contribution in [2.45, 2.75) is 50.7 Å². The Hall–Kier alpha value is -0.120. The zero-order chi connectivity index (χ0) is 10.7.